The molecule has 21 heavy (non-hydrogen) atoms. The van der Waals surface area contributed by atoms with Gasteiger partial charge in [0.1, 0.15) is 11.6 Å². The molecule has 0 aliphatic heterocycles. The summed E-state index contributed by atoms with van der Waals surface area (Å²) in [5.74, 6) is 1.86. The number of ether oxygens (including phenoxy) is 1. The smallest absolute Gasteiger partial charge is 0.136 e. The van der Waals surface area contributed by atoms with Crippen LogP contribution in [0.2, 0.25) is 0 Å². The zero-order chi connectivity index (χ0) is 15.5. The molecule has 2 rings (SSSR count). The van der Waals surface area contributed by atoms with E-state index in [9.17, 15) is 5.11 Å². The van der Waals surface area contributed by atoms with Gasteiger partial charge < -0.3 is 15.2 Å². The van der Waals surface area contributed by atoms with E-state index in [4.69, 9.17) is 4.74 Å². The largest absolute Gasteiger partial charge is 0.396 e. The summed E-state index contributed by atoms with van der Waals surface area (Å²) < 4.78 is 5.19. The highest BCUT2D eigenvalue weighted by Crippen LogP contribution is 2.24. The molecule has 0 saturated heterocycles. The molecule has 0 amide bonds. The van der Waals surface area contributed by atoms with Crippen molar-refractivity contribution in [3.63, 3.8) is 0 Å². The molecule has 116 valence electrons. The van der Waals surface area contributed by atoms with Crippen molar-refractivity contribution in [1.29, 1.82) is 0 Å². The zero-order valence-electron chi connectivity index (χ0n) is 13.3. The lowest BCUT2D eigenvalue weighted by atomic mass is 9.95. The van der Waals surface area contributed by atoms with Gasteiger partial charge in [-0.3, -0.25) is 0 Å². The average molecular weight is 291 g/mol. The molecular formula is C16H25N3O2. The molecule has 5 nitrogen and oxygen atoms in total. The fourth-order valence-electron chi connectivity index (χ4n) is 2.34. The average Bonchev–Trinajstić information content (AvgIpc) is 2.85. The highest BCUT2D eigenvalue weighted by Gasteiger charge is 2.22. The Hall–Kier alpha value is -1.46. The molecule has 0 unspecified atom stereocenters. The molecule has 1 heterocycles. The van der Waals surface area contributed by atoms with E-state index in [1.807, 2.05) is 6.07 Å². The second kappa shape index (κ2) is 6.54. The van der Waals surface area contributed by atoms with Crippen molar-refractivity contribution in [3.8, 4) is 0 Å². The zero-order valence-corrected chi connectivity index (χ0v) is 13.3. The van der Waals surface area contributed by atoms with Crippen molar-refractivity contribution in [2.75, 3.05) is 19.0 Å². The van der Waals surface area contributed by atoms with E-state index in [1.165, 1.54) is 0 Å². The molecule has 0 aromatic carbocycles. The summed E-state index contributed by atoms with van der Waals surface area (Å²) in [4.78, 5) is 9.19. The van der Waals surface area contributed by atoms with Gasteiger partial charge in [-0.2, -0.15) is 0 Å². The number of rotatable bonds is 5. The molecule has 0 spiro atoms. The Morgan fingerprint density at radius 3 is 2.67 bits per heavy atom. The molecule has 0 radical (unpaired) electrons. The number of anilines is 1. The fraction of sp³-hybridized carbons (Fsp3) is 0.625. The van der Waals surface area contributed by atoms with Crippen molar-refractivity contribution < 1.29 is 9.84 Å². The summed E-state index contributed by atoms with van der Waals surface area (Å²) in [5, 5.41) is 12.6. The van der Waals surface area contributed by atoms with Crippen LogP contribution < -0.4 is 5.32 Å². The second-order valence-electron chi connectivity index (χ2n) is 6.57. The van der Waals surface area contributed by atoms with E-state index < -0.39 is 0 Å². The highest BCUT2D eigenvalue weighted by molar-refractivity contribution is 5.40. The number of aliphatic hydroxyl groups excluding tert-OH is 1. The first-order valence-electron chi connectivity index (χ1n) is 7.35. The lowest BCUT2D eigenvalue weighted by Gasteiger charge is -2.20. The Kier molecular flexibility index (Phi) is 4.96. The van der Waals surface area contributed by atoms with Crippen LogP contribution in [0, 0.1) is 5.92 Å². The van der Waals surface area contributed by atoms with E-state index >= 15 is 0 Å². The van der Waals surface area contributed by atoms with E-state index in [0.717, 1.165) is 23.8 Å². The molecule has 0 bridgehead atoms. The van der Waals surface area contributed by atoms with Gasteiger partial charge in [0.2, 0.25) is 0 Å². The molecule has 5 heteroatoms. The first-order chi connectivity index (χ1) is 9.92. The minimum Gasteiger partial charge on any atom is -0.396 e. The lowest BCUT2D eigenvalue weighted by Crippen LogP contribution is -2.22. The Balaban J connectivity index is 2.18. The van der Waals surface area contributed by atoms with E-state index in [2.05, 4.69) is 48.2 Å². The number of nitrogens with zero attached hydrogens (tertiary/aromatic N) is 2. The van der Waals surface area contributed by atoms with Crippen molar-refractivity contribution in [3.05, 3.63) is 29.7 Å². The Bertz CT molecular complexity index is 509. The van der Waals surface area contributed by atoms with Gasteiger partial charge in [-0.05, 0) is 6.42 Å². The van der Waals surface area contributed by atoms with Gasteiger partial charge >= 0.3 is 0 Å². The van der Waals surface area contributed by atoms with Gasteiger partial charge in [-0.1, -0.05) is 32.9 Å². The van der Waals surface area contributed by atoms with Crippen LogP contribution >= 0.6 is 0 Å². The van der Waals surface area contributed by atoms with Gasteiger partial charge in [0.25, 0.3) is 0 Å². The van der Waals surface area contributed by atoms with Gasteiger partial charge in [0.15, 0.2) is 0 Å². The summed E-state index contributed by atoms with van der Waals surface area (Å²) in [6, 6.07) is 2.14. The molecule has 2 atom stereocenters. The SMILES string of the molecule is COCc1cc(N[C@H]2C=C[C@@H](CO)C2)nc(C(C)(C)C)n1. The highest BCUT2D eigenvalue weighted by atomic mass is 16.5. The van der Waals surface area contributed by atoms with Crippen LogP contribution in [0.25, 0.3) is 0 Å². The molecule has 0 fully saturated rings. The number of hydrogen-bond acceptors (Lipinski definition) is 5. The minimum atomic E-state index is -0.112. The molecule has 0 saturated carbocycles. The van der Waals surface area contributed by atoms with Crippen LogP contribution in [-0.4, -0.2) is 34.8 Å². The van der Waals surface area contributed by atoms with Gasteiger partial charge in [0, 0.05) is 37.2 Å². The topological polar surface area (TPSA) is 67.3 Å². The number of methoxy groups -OCH3 is 1. The normalized spacial score (nSPS) is 21.8. The third-order valence-electron chi connectivity index (χ3n) is 3.48. The van der Waals surface area contributed by atoms with Crippen LogP contribution in [-0.2, 0) is 16.8 Å². The molecule has 1 aromatic heterocycles. The third kappa shape index (κ3) is 4.25. The molecule has 1 aliphatic rings. The maximum absolute atomic E-state index is 9.19. The van der Waals surface area contributed by atoms with Crippen LogP contribution in [0.15, 0.2) is 18.2 Å². The molecule has 1 aliphatic carbocycles. The first kappa shape index (κ1) is 15.9. The van der Waals surface area contributed by atoms with E-state index in [-0.39, 0.29) is 24.0 Å². The van der Waals surface area contributed by atoms with Crippen LogP contribution in [0.1, 0.15) is 38.7 Å². The van der Waals surface area contributed by atoms with Gasteiger partial charge in [-0.15, -0.1) is 0 Å². The van der Waals surface area contributed by atoms with Crippen LogP contribution in [0.3, 0.4) is 0 Å². The van der Waals surface area contributed by atoms with Crippen LogP contribution in [0.5, 0.6) is 0 Å². The van der Waals surface area contributed by atoms with Crippen molar-refractivity contribution in [2.24, 2.45) is 5.92 Å². The fourth-order valence-corrected chi connectivity index (χ4v) is 2.34. The summed E-state index contributed by atoms with van der Waals surface area (Å²) in [6.45, 7) is 6.96. The Morgan fingerprint density at radius 1 is 1.33 bits per heavy atom. The van der Waals surface area contributed by atoms with Crippen LogP contribution in [0.4, 0.5) is 5.82 Å². The summed E-state index contributed by atoms with van der Waals surface area (Å²) in [5.41, 5.74) is 0.764. The number of nitrogens with one attached hydrogen (secondary N) is 1. The predicted octanol–water partition coefficient (Wildman–Crippen LogP) is 2.27. The van der Waals surface area contributed by atoms with Crippen molar-refractivity contribution >= 4 is 5.82 Å². The summed E-state index contributed by atoms with van der Waals surface area (Å²) >= 11 is 0. The monoisotopic (exact) mass is 291 g/mol. The maximum atomic E-state index is 9.19. The minimum absolute atomic E-state index is 0.112. The van der Waals surface area contributed by atoms with Crippen molar-refractivity contribution in [1.82, 2.24) is 9.97 Å². The summed E-state index contributed by atoms with van der Waals surface area (Å²) in [6.07, 6.45) is 5.04. The van der Waals surface area contributed by atoms with Crippen molar-refractivity contribution in [2.45, 2.75) is 45.3 Å². The standard InChI is InChI=1S/C16H25N3O2/c1-16(2,3)15-18-13(10-21-4)8-14(19-15)17-12-6-5-11(7-12)9-20/h5-6,8,11-12,20H,7,9-10H2,1-4H3,(H,17,18,19)/t11-,12+/m1/s1. The lowest BCUT2D eigenvalue weighted by molar-refractivity contribution is 0.181. The predicted molar refractivity (Wildman–Crippen MR) is 83.2 cm³/mol. The first-order valence-corrected chi connectivity index (χ1v) is 7.35. The second-order valence-corrected chi connectivity index (χ2v) is 6.57. The molecule has 1 aromatic rings. The number of hydrogen-bond donors (Lipinski definition) is 2. The Labute approximate surface area is 126 Å². The van der Waals surface area contributed by atoms with Gasteiger partial charge in [-0.25, -0.2) is 9.97 Å². The number of aliphatic hydroxyl groups is 1. The summed E-state index contributed by atoms with van der Waals surface area (Å²) in [7, 11) is 1.66. The Morgan fingerprint density at radius 2 is 2.10 bits per heavy atom. The molecular weight excluding hydrogens is 266 g/mol. The van der Waals surface area contributed by atoms with E-state index in [1.54, 1.807) is 7.11 Å². The van der Waals surface area contributed by atoms with Gasteiger partial charge in [0.05, 0.1) is 12.3 Å². The quantitative estimate of drug-likeness (QED) is 0.815. The number of aromatic nitrogens is 2. The third-order valence-corrected chi connectivity index (χ3v) is 3.48. The maximum Gasteiger partial charge on any atom is 0.136 e. The van der Waals surface area contributed by atoms with E-state index in [0.29, 0.717) is 6.61 Å². The molecule has 2 N–H and O–H groups in total.